The minimum Gasteiger partial charge on any atom is -0.406 e. The highest BCUT2D eigenvalue weighted by molar-refractivity contribution is 8.40. The monoisotopic (exact) mass is 441 g/mol. The Morgan fingerprint density at radius 3 is 2.47 bits per heavy atom. The predicted molar refractivity (Wildman–Crippen MR) is 109 cm³/mol. The van der Waals surface area contributed by atoms with Gasteiger partial charge < -0.3 is 14.2 Å². The molecule has 0 saturated carbocycles. The van der Waals surface area contributed by atoms with Crippen molar-refractivity contribution >= 4 is 27.3 Å². The topological polar surface area (TPSA) is 63.2 Å². The standard InChI is InChI=1S/C20H22F3N3O3S/c1-4-18(27)25-19-24-16-11-10-15(29-20(21,22)23)12-17(16)30(19,26(2)3)28-13-14-8-6-5-7-9-14/h5-12H,4,13H2,1-3H3,(H,24,25,27). The number of amidine groups is 1. The number of ether oxygens (including phenoxy) is 1. The van der Waals surface area contributed by atoms with Gasteiger partial charge in [-0.2, -0.15) is 0 Å². The molecule has 0 spiro atoms. The van der Waals surface area contributed by atoms with Crippen LogP contribution in [-0.2, 0) is 15.6 Å². The third-order valence-electron chi connectivity index (χ3n) is 4.27. The second-order valence-corrected chi connectivity index (χ2v) is 9.43. The first-order valence-corrected chi connectivity index (χ1v) is 10.6. The minimum atomic E-state index is -4.83. The van der Waals surface area contributed by atoms with Gasteiger partial charge in [0.25, 0.3) is 0 Å². The van der Waals surface area contributed by atoms with E-state index in [1.165, 1.54) is 18.2 Å². The molecule has 2 aromatic rings. The highest BCUT2D eigenvalue weighted by Gasteiger charge is 2.44. The van der Waals surface area contributed by atoms with Crippen LogP contribution >= 0.6 is 10.5 Å². The predicted octanol–water partition coefficient (Wildman–Crippen LogP) is 4.88. The van der Waals surface area contributed by atoms with E-state index in [1.54, 1.807) is 25.3 Å². The Balaban J connectivity index is 2.05. The third-order valence-corrected chi connectivity index (χ3v) is 7.40. The van der Waals surface area contributed by atoms with Crippen molar-refractivity contribution in [2.24, 2.45) is 4.99 Å². The number of alkyl halides is 3. The van der Waals surface area contributed by atoms with E-state index >= 15 is 0 Å². The Morgan fingerprint density at radius 1 is 1.17 bits per heavy atom. The van der Waals surface area contributed by atoms with Crippen molar-refractivity contribution in [3.8, 4) is 5.75 Å². The van der Waals surface area contributed by atoms with E-state index in [0.29, 0.717) is 10.6 Å². The Hall–Kier alpha value is -2.56. The van der Waals surface area contributed by atoms with Crippen LogP contribution in [0.2, 0.25) is 0 Å². The number of hydrogen-bond donors (Lipinski definition) is 1. The molecule has 1 aliphatic rings. The molecule has 0 fully saturated rings. The van der Waals surface area contributed by atoms with Gasteiger partial charge in [-0.1, -0.05) is 37.3 Å². The molecule has 2 aromatic carbocycles. The summed E-state index contributed by atoms with van der Waals surface area (Å²) in [6.45, 7) is 1.88. The molecule has 1 N–H and O–H groups in total. The fraction of sp³-hybridized carbons (Fsp3) is 0.300. The molecule has 1 unspecified atom stereocenters. The lowest BCUT2D eigenvalue weighted by molar-refractivity contribution is -0.274. The Kier molecular flexibility index (Phi) is 6.39. The van der Waals surface area contributed by atoms with Gasteiger partial charge in [-0.15, -0.1) is 13.2 Å². The Labute approximate surface area is 174 Å². The fourth-order valence-corrected chi connectivity index (χ4v) is 5.76. The summed E-state index contributed by atoms with van der Waals surface area (Å²) in [5.74, 6) is -0.642. The van der Waals surface area contributed by atoms with E-state index in [-0.39, 0.29) is 29.9 Å². The largest absolute Gasteiger partial charge is 0.573 e. The maximum absolute atomic E-state index is 12.8. The lowest BCUT2D eigenvalue weighted by Crippen LogP contribution is -2.38. The van der Waals surface area contributed by atoms with Crippen LogP contribution in [0, 0.1) is 0 Å². The van der Waals surface area contributed by atoms with Gasteiger partial charge in [0.05, 0.1) is 17.2 Å². The molecule has 1 heterocycles. The maximum Gasteiger partial charge on any atom is 0.573 e. The summed E-state index contributed by atoms with van der Waals surface area (Å²) in [7, 11) is 0.918. The number of halogens is 3. The number of fused-ring (bicyclic) bond motifs is 1. The number of rotatable bonds is 6. The Morgan fingerprint density at radius 2 is 1.87 bits per heavy atom. The zero-order valence-electron chi connectivity index (χ0n) is 16.7. The van der Waals surface area contributed by atoms with Gasteiger partial charge >= 0.3 is 6.36 Å². The van der Waals surface area contributed by atoms with Crippen LogP contribution in [0.3, 0.4) is 0 Å². The molecule has 0 saturated heterocycles. The van der Waals surface area contributed by atoms with E-state index in [2.05, 4.69) is 15.0 Å². The summed E-state index contributed by atoms with van der Waals surface area (Å²) in [6, 6.07) is 13.3. The van der Waals surface area contributed by atoms with Crippen LogP contribution < -0.4 is 10.1 Å². The zero-order valence-corrected chi connectivity index (χ0v) is 17.5. The average Bonchev–Trinajstić information content (AvgIpc) is 2.99. The molecular weight excluding hydrogens is 419 g/mol. The van der Waals surface area contributed by atoms with E-state index in [9.17, 15) is 18.0 Å². The van der Waals surface area contributed by atoms with Crippen molar-refractivity contribution in [2.45, 2.75) is 31.2 Å². The van der Waals surface area contributed by atoms with Crippen LogP contribution in [0.4, 0.5) is 18.9 Å². The molecule has 0 aliphatic carbocycles. The lowest BCUT2D eigenvalue weighted by Gasteiger charge is -2.42. The number of nitrogens with zero attached hydrogens (tertiary/aromatic N) is 2. The molecule has 0 radical (unpaired) electrons. The second-order valence-electron chi connectivity index (χ2n) is 6.58. The molecule has 1 atom stereocenters. The number of benzene rings is 2. The van der Waals surface area contributed by atoms with E-state index < -0.39 is 16.9 Å². The average molecular weight is 441 g/mol. The molecule has 10 heteroatoms. The highest BCUT2D eigenvalue weighted by atomic mass is 32.3. The van der Waals surface area contributed by atoms with Gasteiger partial charge in [0.2, 0.25) is 5.91 Å². The summed E-state index contributed by atoms with van der Waals surface area (Å²) in [5.41, 5.74) is 1.30. The van der Waals surface area contributed by atoms with Crippen molar-refractivity contribution in [2.75, 3.05) is 14.1 Å². The maximum atomic E-state index is 12.8. The number of carbonyl (C=O) groups is 1. The van der Waals surface area contributed by atoms with Crippen LogP contribution in [0.25, 0.3) is 0 Å². The quantitative estimate of drug-likeness (QED) is 0.694. The number of hydrogen-bond acceptors (Lipinski definition) is 5. The molecule has 1 aliphatic heterocycles. The third kappa shape index (κ3) is 4.61. The van der Waals surface area contributed by atoms with Crippen LogP contribution in [0.1, 0.15) is 18.9 Å². The lowest BCUT2D eigenvalue weighted by atomic mass is 10.2. The summed E-state index contributed by atoms with van der Waals surface area (Å²) >= 11 is 0. The SMILES string of the molecule is CCC(=O)NC1=Nc2ccc(OC(F)(F)F)cc2S1(OCc1ccccc1)N(C)C. The Bertz CT molecular complexity index is 951. The molecule has 3 rings (SSSR count). The van der Waals surface area contributed by atoms with E-state index in [1.807, 2.05) is 30.3 Å². The van der Waals surface area contributed by atoms with Crippen molar-refractivity contribution < 1.29 is 26.9 Å². The van der Waals surface area contributed by atoms with Gasteiger partial charge in [0.15, 0.2) is 5.17 Å². The number of aliphatic imine (C=N–C) groups is 1. The molecular formula is C20H22F3N3O3S. The zero-order chi connectivity index (χ0) is 21.9. The van der Waals surface area contributed by atoms with Crippen molar-refractivity contribution in [3.05, 3.63) is 54.1 Å². The van der Waals surface area contributed by atoms with Crippen LogP contribution in [0.15, 0.2) is 58.4 Å². The number of carbonyl (C=O) groups excluding carboxylic acids is 1. The van der Waals surface area contributed by atoms with E-state index in [4.69, 9.17) is 4.18 Å². The molecule has 0 aromatic heterocycles. The van der Waals surface area contributed by atoms with Crippen LogP contribution in [0.5, 0.6) is 5.75 Å². The number of amides is 1. The molecule has 0 bridgehead atoms. The molecule has 1 amide bonds. The fourth-order valence-electron chi connectivity index (χ4n) is 2.91. The van der Waals surface area contributed by atoms with Gasteiger partial charge in [0, 0.05) is 16.9 Å². The summed E-state index contributed by atoms with van der Waals surface area (Å²) in [4.78, 5) is 17.0. The van der Waals surface area contributed by atoms with Gasteiger partial charge in [-0.05, 0) is 37.9 Å². The summed E-state index contributed by atoms with van der Waals surface area (Å²) < 4.78 is 50.5. The first kappa shape index (κ1) is 22.1. The van der Waals surface area contributed by atoms with Crippen LogP contribution in [-0.4, -0.2) is 35.8 Å². The van der Waals surface area contributed by atoms with Crippen molar-refractivity contribution in [3.63, 3.8) is 0 Å². The summed E-state index contributed by atoms with van der Waals surface area (Å²) in [5, 5.41) is 3.04. The number of nitrogens with one attached hydrogen (secondary N) is 1. The molecule has 162 valence electrons. The molecule has 6 nitrogen and oxygen atoms in total. The van der Waals surface area contributed by atoms with Crippen molar-refractivity contribution in [1.82, 2.24) is 9.62 Å². The minimum absolute atomic E-state index is 0.180. The van der Waals surface area contributed by atoms with Gasteiger partial charge in [-0.3, -0.25) is 4.79 Å². The van der Waals surface area contributed by atoms with Gasteiger partial charge in [-0.25, -0.2) is 9.30 Å². The van der Waals surface area contributed by atoms with Gasteiger partial charge in [0.1, 0.15) is 5.75 Å². The highest BCUT2D eigenvalue weighted by Crippen LogP contribution is 2.66. The smallest absolute Gasteiger partial charge is 0.406 e. The first-order valence-electron chi connectivity index (χ1n) is 9.13. The normalized spacial score (nSPS) is 20.3. The first-order chi connectivity index (χ1) is 14.2. The summed E-state index contributed by atoms with van der Waals surface area (Å²) in [6.07, 6.45) is -4.60. The van der Waals surface area contributed by atoms with E-state index in [0.717, 1.165) is 5.56 Å². The second kappa shape index (κ2) is 8.66. The van der Waals surface area contributed by atoms with Crippen molar-refractivity contribution in [1.29, 1.82) is 0 Å². The molecule has 30 heavy (non-hydrogen) atoms.